The van der Waals surface area contributed by atoms with Crippen molar-refractivity contribution in [1.29, 1.82) is 0 Å². The lowest BCUT2D eigenvalue weighted by Gasteiger charge is -2.15. The highest BCUT2D eigenvalue weighted by Gasteiger charge is 2.51. The second-order valence-corrected chi connectivity index (χ2v) is 10.3. The molecule has 3 aromatic heterocycles. The van der Waals surface area contributed by atoms with Crippen LogP contribution in [0.5, 0.6) is 6.01 Å². The topological polar surface area (TPSA) is 168 Å². The van der Waals surface area contributed by atoms with Gasteiger partial charge in [-0.3, -0.25) is 4.79 Å². The van der Waals surface area contributed by atoms with E-state index in [2.05, 4.69) is 30.0 Å². The summed E-state index contributed by atoms with van der Waals surface area (Å²) in [6.45, 7) is 0. The highest BCUT2D eigenvalue weighted by atomic mass is 32.2. The number of hydrogen-bond acceptors (Lipinski definition) is 10. The van der Waals surface area contributed by atoms with Crippen LogP contribution in [-0.2, 0) is 14.8 Å². The van der Waals surface area contributed by atoms with Crippen molar-refractivity contribution in [3.63, 3.8) is 0 Å². The number of rotatable bonds is 8. The maximum absolute atomic E-state index is 13.3. The van der Waals surface area contributed by atoms with Crippen LogP contribution < -0.4 is 15.2 Å². The summed E-state index contributed by atoms with van der Waals surface area (Å²) in [5.74, 6) is -0.777. The molecule has 35 heavy (non-hydrogen) atoms. The van der Waals surface area contributed by atoms with Crippen molar-refractivity contribution in [3.8, 4) is 22.4 Å². The molecule has 0 bridgehead atoms. The SMILES string of the molecule is COc1nccc(-c2cc(S(=O)(=O)NC3(C(N)=O)CC3)cc3c2cnn3-c2nnc(C(F)F)s2)n1. The summed E-state index contributed by atoms with van der Waals surface area (Å²) in [6.07, 6.45) is 0.592. The zero-order chi connectivity index (χ0) is 25.0. The number of nitrogens with one attached hydrogen (secondary N) is 1. The number of halogens is 2. The molecular weight excluding hydrogens is 506 g/mol. The number of benzene rings is 1. The van der Waals surface area contributed by atoms with Gasteiger partial charge < -0.3 is 10.5 Å². The Morgan fingerprint density at radius 3 is 2.71 bits per heavy atom. The van der Waals surface area contributed by atoms with Crippen LogP contribution in [0.4, 0.5) is 8.78 Å². The van der Waals surface area contributed by atoms with Gasteiger partial charge in [-0.2, -0.15) is 14.8 Å². The number of carbonyl (C=O) groups is 1. The van der Waals surface area contributed by atoms with Crippen LogP contribution in [-0.4, -0.2) is 56.9 Å². The zero-order valence-electron chi connectivity index (χ0n) is 17.8. The number of sulfonamides is 1. The highest BCUT2D eigenvalue weighted by molar-refractivity contribution is 7.89. The van der Waals surface area contributed by atoms with E-state index in [-0.39, 0.29) is 34.4 Å². The fraction of sp³-hybridized carbons (Fsp3) is 0.263. The predicted octanol–water partition coefficient (Wildman–Crippen LogP) is 1.58. The molecule has 1 aromatic carbocycles. The molecule has 182 valence electrons. The van der Waals surface area contributed by atoms with Gasteiger partial charge >= 0.3 is 6.01 Å². The number of nitrogens with two attached hydrogens (primary N) is 1. The molecule has 0 radical (unpaired) electrons. The summed E-state index contributed by atoms with van der Waals surface area (Å²) in [4.78, 5) is 19.8. The third-order valence-corrected chi connectivity index (χ3v) is 7.84. The second-order valence-electron chi connectivity index (χ2n) is 7.66. The predicted molar refractivity (Wildman–Crippen MR) is 119 cm³/mol. The van der Waals surface area contributed by atoms with Crippen molar-refractivity contribution < 1.29 is 26.7 Å². The number of fused-ring (bicyclic) bond motifs is 1. The van der Waals surface area contributed by atoms with Crippen molar-refractivity contribution in [2.75, 3.05) is 7.11 Å². The summed E-state index contributed by atoms with van der Waals surface area (Å²) in [7, 11) is -2.86. The van der Waals surface area contributed by atoms with Crippen LogP contribution >= 0.6 is 11.3 Å². The monoisotopic (exact) mass is 522 g/mol. The molecule has 3 heterocycles. The maximum Gasteiger partial charge on any atom is 0.316 e. The lowest BCUT2D eigenvalue weighted by Crippen LogP contribution is -2.46. The van der Waals surface area contributed by atoms with Gasteiger partial charge in [-0.15, -0.1) is 10.2 Å². The van der Waals surface area contributed by atoms with Crippen LogP contribution in [0.25, 0.3) is 27.3 Å². The largest absolute Gasteiger partial charge is 0.467 e. The van der Waals surface area contributed by atoms with Crippen molar-refractivity contribution in [1.82, 2.24) is 34.7 Å². The van der Waals surface area contributed by atoms with Crippen molar-refractivity contribution in [2.45, 2.75) is 29.7 Å². The summed E-state index contributed by atoms with van der Waals surface area (Å²) in [5.41, 5.74) is 4.94. The van der Waals surface area contributed by atoms with Gasteiger partial charge in [0.25, 0.3) is 6.43 Å². The molecule has 1 aliphatic rings. The summed E-state index contributed by atoms with van der Waals surface area (Å²) in [5, 5.41) is 11.4. The minimum atomic E-state index is -4.24. The minimum Gasteiger partial charge on any atom is -0.467 e. The van der Waals surface area contributed by atoms with Crippen LogP contribution in [0.1, 0.15) is 24.3 Å². The zero-order valence-corrected chi connectivity index (χ0v) is 19.5. The molecular formula is C19H16F2N8O4S2. The summed E-state index contributed by atoms with van der Waals surface area (Å²) >= 11 is 0.615. The van der Waals surface area contributed by atoms with E-state index in [1.807, 2.05) is 0 Å². The first-order valence-corrected chi connectivity index (χ1v) is 12.3. The van der Waals surface area contributed by atoms with Gasteiger partial charge in [-0.05, 0) is 31.0 Å². The van der Waals surface area contributed by atoms with Crippen molar-refractivity contribution >= 4 is 38.2 Å². The van der Waals surface area contributed by atoms with Gasteiger partial charge in [0.2, 0.25) is 21.1 Å². The number of methoxy groups -OCH3 is 1. The Hall–Kier alpha value is -3.63. The molecule has 1 amide bonds. The molecule has 16 heteroatoms. The van der Waals surface area contributed by atoms with E-state index in [4.69, 9.17) is 10.5 Å². The molecule has 4 aromatic rings. The number of aromatic nitrogens is 6. The van der Waals surface area contributed by atoms with E-state index in [0.29, 0.717) is 28.0 Å². The Morgan fingerprint density at radius 1 is 1.31 bits per heavy atom. The van der Waals surface area contributed by atoms with E-state index < -0.39 is 32.9 Å². The Labute approximate surface area is 200 Å². The molecule has 0 atom stereocenters. The number of alkyl halides is 2. The number of carbonyl (C=O) groups excluding carboxylic acids is 1. The molecule has 1 fully saturated rings. The van der Waals surface area contributed by atoms with Crippen molar-refractivity contribution in [2.24, 2.45) is 5.73 Å². The smallest absolute Gasteiger partial charge is 0.316 e. The van der Waals surface area contributed by atoms with E-state index in [0.717, 1.165) is 0 Å². The molecule has 12 nitrogen and oxygen atoms in total. The average Bonchev–Trinajstić information content (AvgIpc) is 3.25. The summed E-state index contributed by atoms with van der Waals surface area (Å²) < 4.78 is 61.4. The Bertz CT molecular complexity index is 1570. The second kappa shape index (κ2) is 8.24. The first-order valence-electron chi connectivity index (χ1n) is 9.98. The molecule has 0 spiro atoms. The lowest BCUT2D eigenvalue weighted by atomic mass is 10.1. The number of primary amides is 1. The van der Waals surface area contributed by atoms with Crippen LogP contribution in [0.2, 0.25) is 0 Å². The molecule has 0 aliphatic heterocycles. The van der Waals surface area contributed by atoms with E-state index in [1.54, 1.807) is 6.07 Å². The maximum atomic E-state index is 13.3. The Balaban J connectivity index is 1.72. The van der Waals surface area contributed by atoms with E-state index >= 15 is 0 Å². The number of amides is 1. The normalized spacial score (nSPS) is 15.0. The fourth-order valence-electron chi connectivity index (χ4n) is 3.45. The van der Waals surface area contributed by atoms with Gasteiger partial charge in [0, 0.05) is 17.1 Å². The van der Waals surface area contributed by atoms with Gasteiger partial charge in [0.15, 0.2) is 5.01 Å². The number of hydrogen-bond donors (Lipinski definition) is 2. The van der Waals surface area contributed by atoms with Gasteiger partial charge in [-0.25, -0.2) is 26.9 Å². The first kappa shape index (κ1) is 23.1. The molecule has 0 saturated heterocycles. The molecule has 5 rings (SSSR count). The molecule has 3 N–H and O–H groups in total. The third-order valence-electron chi connectivity index (χ3n) is 5.41. The van der Waals surface area contributed by atoms with E-state index in [1.165, 1.54) is 36.3 Å². The van der Waals surface area contributed by atoms with Gasteiger partial charge in [0.05, 0.1) is 29.4 Å². The highest BCUT2D eigenvalue weighted by Crippen LogP contribution is 2.38. The van der Waals surface area contributed by atoms with E-state index in [9.17, 15) is 22.0 Å². The third kappa shape index (κ3) is 4.08. The number of ether oxygens (including phenoxy) is 1. The molecule has 1 aliphatic carbocycles. The average molecular weight is 523 g/mol. The standard InChI is InChI=1S/C19H16F2N8O4S2/c1-33-17-23-5-2-12(25-17)10-6-9(35(31,32)28-19(3-4-19)16(22)30)7-13-11(10)8-24-29(13)18-27-26-15(34-18)14(20)21/h2,5-8,14,28H,3-4H2,1H3,(H2,22,30). The van der Waals surface area contributed by atoms with Gasteiger partial charge in [0.1, 0.15) is 5.54 Å². The Kier molecular flexibility index (Phi) is 5.45. The van der Waals surface area contributed by atoms with Gasteiger partial charge in [-0.1, -0.05) is 11.3 Å². The molecule has 0 unspecified atom stereocenters. The van der Waals surface area contributed by atoms with Crippen molar-refractivity contribution in [3.05, 3.63) is 35.6 Å². The quantitative estimate of drug-likeness (QED) is 0.349. The van der Waals surface area contributed by atoms with Crippen LogP contribution in [0.15, 0.2) is 35.5 Å². The summed E-state index contributed by atoms with van der Waals surface area (Å²) in [6, 6.07) is 4.25. The van der Waals surface area contributed by atoms with Crippen LogP contribution in [0, 0.1) is 0 Å². The number of nitrogens with zero attached hydrogens (tertiary/aromatic N) is 6. The molecule has 1 saturated carbocycles. The first-order chi connectivity index (χ1) is 16.6. The Morgan fingerprint density at radius 2 is 2.09 bits per heavy atom. The van der Waals surface area contributed by atoms with Crippen LogP contribution in [0.3, 0.4) is 0 Å². The fourth-order valence-corrected chi connectivity index (χ4v) is 5.60. The lowest BCUT2D eigenvalue weighted by molar-refractivity contribution is -0.120. The minimum absolute atomic E-state index is 0.0137.